The van der Waals surface area contributed by atoms with E-state index in [9.17, 15) is 17.6 Å². The summed E-state index contributed by atoms with van der Waals surface area (Å²) in [6, 6.07) is 1.73. The summed E-state index contributed by atoms with van der Waals surface area (Å²) in [5.41, 5.74) is 1.75. The molecule has 2 N–H and O–H groups in total. The van der Waals surface area contributed by atoms with Gasteiger partial charge in [-0.3, -0.25) is 4.90 Å². The van der Waals surface area contributed by atoms with E-state index in [4.69, 9.17) is 26.8 Å². The summed E-state index contributed by atoms with van der Waals surface area (Å²) in [7, 11) is 1.77. The lowest BCUT2D eigenvalue weighted by Crippen LogP contribution is -2.44. The predicted octanol–water partition coefficient (Wildman–Crippen LogP) is 6.04. The first-order valence-electron chi connectivity index (χ1n) is 13.7. The number of nitrogens with two attached hydrogens (primary N) is 1. The number of hydrogen-bond donors (Lipinski definition) is 1. The number of pyridine rings is 1. The Bertz CT molecular complexity index is 1570. The van der Waals surface area contributed by atoms with E-state index in [1.807, 2.05) is 18.7 Å². The molecule has 6 rings (SSSR count). The van der Waals surface area contributed by atoms with Gasteiger partial charge in [0.05, 0.1) is 22.7 Å². The number of halogens is 6. The molecule has 2 fully saturated rings. The molecule has 5 heterocycles. The van der Waals surface area contributed by atoms with Gasteiger partial charge in [-0.25, -0.2) is 13.8 Å². The zero-order valence-electron chi connectivity index (χ0n) is 23.3. The minimum atomic E-state index is -4.94. The minimum absolute atomic E-state index is 0.0808. The van der Waals surface area contributed by atoms with Gasteiger partial charge in [0, 0.05) is 43.2 Å². The third kappa shape index (κ3) is 4.74. The summed E-state index contributed by atoms with van der Waals surface area (Å²) in [6.07, 6.45) is -3.49. The molecule has 0 amide bonds. The third-order valence-electron chi connectivity index (χ3n) is 8.77. The summed E-state index contributed by atoms with van der Waals surface area (Å²) < 4.78 is 85.2. The number of anilines is 2. The lowest BCUT2D eigenvalue weighted by Gasteiger charge is -2.38. The Hall–Kier alpha value is -3.19. The highest BCUT2D eigenvalue weighted by molar-refractivity contribution is 6.32. The molecule has 3 aromatic rings. The van der Waals surface area contributed by atoms with Gasteiger partial charge in [-0.2, -0.15) is 23.1 Å². The molecule has 0 bridgehead atoms. The van der Waals surface area contributed by atoms with Crippen molar-refractivity contribution in [2.75, 3.05) is 44.0 Å². The fourth-order valence-electron chi connectivity index (χ4n) is 6.30. The molecule has 2 atom stereocenters. The second-order valence-corrected chi connectivity index (χ2v) is 12.3. The Kier molecular flexibility index (Phi) is 6.84. The van der Waals surface area contributed by atoms with Gasteiger partial charge in [0.2, 0.25) is 5.88 Å². The molecular formula is C28H30ClF5N6O2. The van der Waals surface area contributed by atoms with E-state index in [1.165, 1.54) is 0 Å². The van der Waals surface area contributed by atoms with Crippen LogP contribution < -0.4 is 20.1 Å². The van der Waals surface area contributed by atoms with Crippen molar-refractivity contribution in [2.24, 2.45) is 0 Å². The van der Waals surface area contributed by atoms with Crippen LogP contribution in [-0.2, 0) is 6.18 Å². The molecule has 1 aromatic carbocycles. The van der Waals surface area contributed by atoms with Gasteiger partial charge in [0.1, 0.15) is 35.2 Å². The van der Waals surface area contributed by atoms with Crippen LogP contribution in [0.5, 0.6) is 11.9 Å². The topological polar surface area (TPSA) is 89.6 Å². The number of aromatic nitrogens is 3. The molecule has 8 nitrogen and oxygen atoms in total. The molecule has 2 aromatic heterocycles. The van der Waals surface area contributed by atoms with E-state index in [0.29, 0.717) is 19.4 Å². The van der Waals surface area contributed by atoms with Gasteiger partial charge < -0.3 is 20.1 Å². The second kappa shape index (κ2) is 9.94. The molecule has 0 saturated carbocycles. The molecule has 0 spiro atoms. The van der Waals surface area contributed by atoms with E-state index >= 15 is 4.39 Å². The normalized spacial score (nSPS) is 23.9. The average Bonchev–Trinajstić information content (AvgIpc) is 3.41. The largest absolute Gasteiger partial charge is 0.477 e. The molecule has 226 valence electrons. The van der Waals surface area contributed by atoms with E-state index in [-0.39, 0.29) is 47.5 Å². The van der Waals surface area contributed by atoms with Gasteiger partial charge in [-0.05, 0) is 45.4 Å². The molecule has 0 aliphatic carbocycles. The third-order valence-corrected chi connectivity index (χ3v) is 9.07. The monoisotopic (exact) mass is 612 g/mol. The van der Waals surface area contributed by atoms with Crippen molar-refractivity contribution in [1.82, 2.24) is 19.9 Å². The summed E-state index contributed by atoms with van der Waals surface area (Å²) in [5.74, 6) is -1.03. The van der Waals surface area contributed by atoms with E-state index in [0.717, 1.165) is 31.5 Å². The summed E-state index contributed by atoms with van der Waals surface area (Å²) >= 11 is 5.97. The highest BCUT2D eigenvalue weighted by Gasteiger charge is 2.49. The number of fused-ring (bicyclic) bond motifs is 1. The molecule has 42 heavy (non-hydrogen) atoms. The SMILES string of the molecule is CN1c2nc(OC[C@@]34CCCN3C[C@H](F)C4)nc3c(F)c(-c4cc(N)cc(Cl)c4C(F)(F)F)nc(c23)OCCC1(C)C. The van der Waals surface area contributed by atoms with Gasteiger partial charge in [-0.1, -0.05) is 11.6 Å². The van der Waals surface area contributed by atoms with E-state index in [1.54, 1.807) is 7.05 Å². The number of ether oxygens (including phenoxy) is 2. The van der Waals surface area contributed by atoms with Gasteiger partial charge >= 0.3 is 12.2 Å². The van der Waals surface area contributed by atoms with Crippen LogP contribution in [0, 0.1) is 5.82 Å². The lowest BCUT2D eigenvalue weighted by atomic mass is 9.95. The van der Waals surface area contributed by atoms with Crippen molar-refractivity contribution in [3.63, 3.8) is 0 Å². The zero-order chi connectivity index (χ0) is 30.2. The lowest BCUT2D eigenvalue weighted by molar-refractivity contribution is -0.137. The summed E-state index contributed by atoms with van der Waals surface area (Å²) in [6.45, 7) is 5.20. The average molecular weight is 613 g/mol. The summed E-state index contributed by atoms with van der Waals surface area (Å²) in [5, 5.41) is -0.604. The maximum absolute atomic E-state index is 16.5. The number of alkyl halides is 4. The van der Waals surface area contributed by atoms with Crippen molar-refractivity contribution in [2.45, 2.75) is 63.0 Å². The number of nitrogens with zero attached hydrogens (tertiary/aromatic N) is 5. The maximum Gasteiger partial charge on any atom is 0.418 e. The quantitative estimate of drug-likeness (QED) is 0.282. The van der Waals surface area contributed by atoms with Crippen LogP contribution >= 0.6 is 11.6 Å². The predicted molar refractivity (Wildman–Crippen MR) is 148 cm³/mol. The van der Waals surface area contributed by atoms with Crippen molar-refractivity contribution < 1.29 is 31.4 Å². The number of rotatable bonds is 4. The maximum atomic E-state index is 16.5. The van der Waals surface area contributed by atoms with Crippen LogP contribution in [0.1, 0.15) is 45.1 Å². The van der Waals surface area contributed by atoms with Crippen LogP contribution in [0.2, 0.25) is 5.02 Å². The summed E-state index contributed by atoms with van der Waals surface area (Å²) in [4.78, 5) is 17.0. The standard InChI is InChI=1S/C28H30ClF5N6O2/c1-26(2)6-8-41-24-18-22(20(31)21(36-24)16-9-15(35)10-17(29)19(16)28(32,33)34)37-25(38-23(18)39(26)3)42-13-27-5-4-7-40(27)12-14(30)11-27/h9-10,14H,4-8,11-13,35H2,1-3H3/t14-,27+/m1/s1. The van der Waals surface area contributed by atoms with Crippen LogP contribution in [-0.4, -0.2) is 70.5 Å². The molecule has 14 heteroatoms. The first kappa shape index (κ1) is 28.9. The molecular weight excluding hydrogens is 583 g/mol. The highest BCUT2D eigenvalue weighted by atomic mass is 35.5. The fourth-order valence-corrected chi connectivity index (χ4v) is 6.63. The Morgan fingerprint density at radius 3 is 2.69 bits per heavy atom. The first-order valence-corrected chi connectivity index (χ1v) is 14.0. The zero-order valence-corrected chi connectivity index (χ0v) is 24.0. The van der Waals surface area contributed by atoms with Gasteiger partial charge in [0.25, 0.3) is 0 Å². The van der Waals surface area contributed by atoms with Gasteiger partial charge in [0.15, 0.2) is 5.82 Å². The van der Waals surface area contributed by atoms with E-state index in [2.05, 4.69) is 19.9 Å². The Labute approximate surface area is 244 Å². The Morgan fingerprint density at radius 2 is 1.95 bits per heavy atom. The number of nitrogen functional groups attached to an aromatic ring is 1. The van der Waals surface area contributed by atoms with Crippen LogP contribution in [0.4, 0.5) is 33.5 Å². The molecule has 3 aliphatic rings. The van der Waals surface area contributed by atoms with E-state index < -0.39 is 51.1 Å². The van der Waals surface area contributed by atoms with Crippen LogP contribution in [0.15, 0.2) is 12.1 Å². The molecule has 0 radical (unpaired) electrons. The van der Waals surface area contributed by atoms with Crippen molar-refractivity contribution in [3.05, 3.63) is 28.5 Å². The van der Waals surface area contributed by atoms with Gasteiger partial charge in [-0.15, -0.1) is 0 Å². The number of hydrogen-bond acceptors (Lipinski definition) is 8. The smallest absolute Gasteiger partial charge is 0.418 e. The first-order chi connectivity index (χ1) is 19.7. The number of benzene rings is 1. The van der Waals surface area contributed by atoms with Crippen LogP contribution in [0.3, 0.4) is 0 Å². The highest BCUT2D eigenvalue weighted by Crippen LogP contribution is 2.47. The molecule has 0 unspecified atom stereocenters. The Balaban J connectivity index is 1.56. The fraction of sp³-hybridized carbons (Fsp3) is 0.536. The Morgan fingerprint density at radius 1 is 1.19 bits per heavy atom. The van der Waals surface area contributed by atoms with Crippen molar-refractivity contribution in [3.8, 4) is 23.1 Å². The molecule has 3 aliphatic heterocycles. The van der Waals surface area contributed by atoms with Crippen LogP contribution in [0.25, 0.3) is 22.2 Å². The second-order valence-electron chi connectivity index (χ2n) is 11.9. The minimum Gasteiger partial charge on any atom is -0.477 e. The van der Waals surface area contributed by atoms with Crippen molar-refractivity contribution >= 4 is 34.0 Å². The molecule has 2 saturated heterocycles. The van der Waals surface area contributed by atoms with Crippen molar-refractivity contribution in [1.29, 1.82) is 0 Å².